The molecular formula is C20H25N3O3. The second-order valence-electron chi connectivity index (χ2n) is 5.81. The first-order chi connectivity index (χ1) is 12.6. The molecule has 138 valence electrons. The fourth-order valence-electron chi connectivity index (χ4n) is 2.43. The zero-order chi connectivity index (χ0) is 18.8. The van der Waals surface area contributed by atoms with Crippen LogP contribution < -0.4 is 15.4 Å². The van der Waals surface area contributed by atoms with Gasteiger partial charge in [-0.05, 0) is 42.9 Å². The molecule has 0 aliphatic carbocycles. The van der Waals surface area contributed by atoms with Gasteiger partial charge in [0.2, 0.25) is 11.8 Å². The third-order valence-electron chi connectivity index (χ3n) is 3.90. The van der Waals surface area contributed by atoms with E-state index in [-0.39, 0.29) is 18.4 Å². The van der Waals surface area contributed by atoms with E-state index in [1.807, 2.05) is 42.2 Å². The van der Waals surface area contributed by atoms with Crippen LogP contribution >= 0.6 is 0 Å². The molecule has 0 aliphatic rings. The Labute approximate surface area is 154 Å². The summed E-state index contributed by atoms with van der Waals surface area (Å²) in [6.07, 6.45) is 0.332. The Kier molecular flexibility index (Phi) is 7.64. The van der Waals surface area contributed by atoms with Gasteiger partial charge in [0, 0.05) is 24.3 Å². The van der Waals surface area contributed by atoms with Gasteiger partial charge in [-0.3, -0.25) is 14.5 Å². The van der Waals surface area contributed by atoms with Gasteiger partial charge in [-0.25, -0.2) is 0 Å². The second kappa shape index (κ2) is 10.2. The Morgan fingerprint density at radius 2 is 1.54 bits per heavy atom. The van der Waals surface area contributed by atoms with Crippen molar-refractivity contribution in [3.05, 3.63) is 54.6 Å². The van der Waals surface area contributed by atoms with Crippen molar-refractivity contribution in [3.8, 4) is 5.75 Å². The van der Waals surface area contributed by atoms with Gasteiger partial charge in [0.05, 0.1) is 13.7 Å². The molecule has 0 aromatic heterocycles. The zero-order valence-corrected chi connectivity index (χ0v) is 15.2. The lowest BCUT2D eigenvalue weighted by atomic mass is 10.3. The van der Waals surface area contributed by atoms with E-state index >= 15 is 0 Å². The summed E-state index contributed by atoms with van der Waals surface area (Å²) in [5.74, 6) is 0.563. The van der Waals surface area contributed by atoms with E-state index in [2.05, 4.69) is 10.6 Å². The molecule has 0 atom stereocenters. The highest BCUT2D eigenvalue weighted by molar-refractivity contribution is 5.92. The first kappa shape index (κ1) is 19.5. The number of benzene rings is 2. The van der Waals surface area contributed by atoms with E-state index < -0.39 is 0 Å². The van der Waals surface area contributed by atoms with Crippen LogP contribution in [0, 0.1) is 0 Å². The van der Waals surface area contributed by atoms with Gasteiger partial charge in [0.15, 0.2) is 0 Å². The zero-order valence-electron chi connectivity index (χ0n) is 15.2. The molecule has 0 radical (unpaired) electrons. The summed E-state index contributed by atoms with van der Waals surface area (Å²) in [6, 6.07) is 16.5. The van der Waals surface area contributed by atoms with E-state index in [9.17, 15) is 9.59 Å². The van der Waals surface area contributed by atoms with Gasteiger partial charge in [-0.15, -0.1) is 0 Å². The van der Waals surface area contributed by atoms with Crippen LogP contribution in [-0.2, 0) is 9.59 Å². The predicted molar refractivity (Wildman–Crippen MR) is 103 cm³/mol. The van der Waals surface area contributed by atoms with Crippen molar-refractivity contribution in [2.75, 3.05) is 37.4 Å². The monoisotopic (exact) mass is 355 g/mol. The van der Waals surface area contributed by atoms with Crippen molar-refractivity contribution in [2.24, 2.45) is 0 Å². The highest BCUT2D eigenvalue weighted by Crippen LogP contribution is 2.15. The van der Waals surface area contributed by atoms with Crippen molar-refractivity contribution >= 4 is 23.2 Å². The summed E-state index contributed by atoms with van der Waals surface area (Å²) >= 11 is 0. The van der Waals surface area contributed by atoms with Crippen LogP contribution in [-0.4, -0.2) is 43.5 Å². The fourth-order valence-corrected chi connectivity index (χ4v) is 2.43. The summed E-state index contributed by atoms with van der Waals surface area (Å²) < 4.78 is 5.09. The number of amides is 2. The number of carbonyl (C=O) groups is 2. The Bertz CT molecular complexity index is 702. The van der Waals surface area contributed by atoms with Gasteiger partial charge in [-0.2, -0.15) is 0 Å². The van der Waals surface area contributed by atoms with E-state index in [0.29, 0.717) is 25.2 Å². The fraction of sp³-hybridized carbons (Fsp3) is 0.300. The lowest BCUT2D eigenvalue weighted by Gasteiger charge is -2.19. The Morgan fingerprint density at radius 1 is 0.923 bits per heavy atom. The molecule has 6 nitrogen and oxygen atoms in total. The number of rotatable bonds is 9. The SMILES string of the molecule is CCN(CCC(=O)Nc1ccccc1)CC(=O)Nc1ccc(OC)cc1. The quantitative estimate of drug-likeness (QED) is 0.725. The summed E-state index contributed by atoms with van der Waals surface area (Å²) in [6.45, 7) is 3.41. The van der Waals surface area contributed by atoms with Gasteiger partial charge < -0.3 is 15.4 Å². The largest absolute Gasteiger partial charge is 0.497 e. The molecule has 0 saturated heterocycles. The maximum Gasteiger partial charge on any atom is 0.238 e. The number of ether oxygens (including phenoxy) is 1. The van der Waals surface area contributed by atoms with Gasteiger partial charge in [-0.1, -0.05) is 25.1 Å². The molecule has 0 spiro atoms. The van der Waals surface area contributed by atoms with E-state index in [1.165, 1.54) is 0 Å². The topological polar surface area (TPSA) is 70.7 Å². The number of anilines is 2. The Hall–Kier alpha value is -2.86. The maximum atomic E-state index is 12.2. The third kappa shape index (κ3) is 6.57. The molecular weight excluding hydrogens is 330 g/mol. The molecule has 0 saturated carbocycles. The van der Waals surface area contributed by atoms with Crippen molar-refractivity contribution in [3.63, 3.8) is 0 Å². The van der Waals surface area contributed by atoms with Crippen molar-refractivity contribution in [1.82, 2.24) is 4.90 Å². The van der Waals surface area contributed by atoms with E-state index in [1.54, 1.807) is 31.4 Å². The van der Waals surface area contributed by atoms with Crippen LogP contribution in [0.15, 0.2) is 54.6 Å². The first-order valence-corrected chi connectivity index (χ1v) is 8.62. The predicted octanol–water partition coefficient (Wildman–Crippen LogP) is 2.98. The summed E-state index contributed by atoms with van der Waals surface area (Å²) in [7, 11) is 1.60. The summed E-state index contributed by atoms with van der Waals surface area (Å²) in [4.78, 5) is 26.1. The normalized spacial score (nSPS) is 10.4. The molecule has 2 aromatic carbocycles. The number of methoxy groups -OCH3 is 1. The number of likely N-dealkylation sites (N-methyl/N-ethyl adjacent to an activating group) is 1. The molecule has 2 amide bonds. The number of nitrogens with zero attached hydrogens (tertiary/aromatic N) is 1. The second-order valence-corrected chi connectivity index (χ2v) is 5.81. The molecule has 26 heavy (non-hydrogen) atoms. The Balaban J connectivity index is 1.76. The molecule has 0 fully saturated rings. The standard InChI is InChI=1S/C20H25N3O3/c1-3-23(14-13-19(24)21-16-7-5-4-6-8-16)15-20(25)22-17-9-11-18(26-2)12-10-17/h4-12H,3,13-15H2,1-2H3,(H,21,24)(H,22,25). The van der Waals surface area contributed by atoms with E-state index in [0.717, 1.165) is 11.4 Å². The van der Waals surface area contributed by atoms with E-state index in [4.69, 9.17) is 4.74 Å². The number of hydrogen-bond acceptors (Lipinski definition) is 4. The number of hydrogen-bond donors (Lipinski definition) is 2. The van der Waals surface area contributed by atoms with Gasteiger partial charge >= 0.3 is 0 Å². The lowest BCUT2D eigenvalue weighted by molar-refractivity contribution is -0.119. The van der Waals surface area contributed by atoms with Gasteiger partial charge in [0.1, 0.15) is 5.75 Å². The molecule has 0 bridgehead atoms. The van der Waals surface area contributed by atoms with Crippen LogP contribution in [0.25, 0.3) is 0 Å². The molecule has 6 heteroatoms. The maximum absolute atomic E-state index is 12.2. The minimum Gasteiger partial charge on any atom is -0.497 e. The number of para-hydroxylation sites is 1. The van der Waals surface area contributed by atoms with Crippen molar-refractivity contribution in [1.29, 1.82) is 0 Å². The van der Waals surface area contributed by atoms with Gasteiger partial charge in [0.25, 0.3) is 0 Å². The average Bonchev–Trinajstić information content (AvgIpc) is 2.66. The minimum absolute atomic E-state index is 0.0646. The summed E-state index contributed by atoms with van der Waals surface area (Å²) in [5, 5.41) is 5.70. The van der Waals surface area contributed by atoms with Crippen LogP contribution in [0.5, 0.6) is 5.75 Å². The van der Waals surface area contributed by atoms with Crippen molar-refractivity contribution < 1.29 is 14.3 Å². The Morgan fingerprint density at radius 3 is 2.15 bits per heavy atom. The molecule has 0 heterocycles. The van der Waals surface area contributed by atoms with Crippen molar-refractivity contribution in [2.45, 2.75) is 13.3 Å². The molecule has 2 rings (SSSR count). The molecule has 2 aromatic rings. The first-order valence-electron chi connectivity index (χ1n) is 8.62. The molecule has 2 N–H and O–H groups in total. The highest BCUT2D eigenvalue weighted by atomic mass is 16.5. The van der Waals surface area contributed by atoms with Crippen LogP contribution in [0.2, 0.25) is 0 Å². The minimum atomic E-state index is -0.111. The molecule has 0 aliphatic heterocycles. The summed E-state index contributed by atoms with van der Waals surface area (Å²) in [5.41, 5.74) is 1.49. The molecule has 0 unspecified atom stereocenters. The number of carbonyl (C=O) groups excluding carboxylic acids is 2. The van der Waals surface area contributed by atoms with Crippen LogP contribution in [0.1, 0.15) is 13.3 Å². The lowest BCUT2D eigenvalue weighted by Crippen LogP contribution is -2.35. The van der Waals surface area contributed by atoms with Crippen LogP contribution in [0.3, 0.4) is 0 Å². The number of nitrogens with one attached hydrogen (secondary N) is 2. The smallest absolute Gasteiger partial charge is 0.238 e. The highest BCUT2D eigenvalue weighted by Gasteiger charge is 2.11. The average molecular weight is 355 g/mol. The van der Waals surface area contributed by atoms with Crippen LogP contribution in [0.4, 0.5) is 11.4 Å². The third-order valence-corrected chi connectivity index (χ3v) is 3.90.